The van der Waals surface area contributed by atoms with Gasteiger partial charge in [0.25, 0.3) is 0 Å². The summed E-state index contributed by atoms with van der Waals surface area (Å²) in [7, 11) is 0. The Kier molecular flexibility index (Phi) is 4.24. The van der Waals surface area contributed by atoms with Gasteiger partial charge >= 0.3 is 6.03 Å². The highest BCUT2D eigenvalue weighted by atomic mass is 16.2. The van der Waals surface area contributed by atoms with Crippen LogP contribution in [0.15, 0.2) is 43.0 Å². The van der Waals surface area contributed by atoms with Crippen molar-refractivity contribution in [3.63, 3.8) is 0 Å². The summed E-state index contributed by atoms with van der Waals surface area (Å²) in [5.41, 5.74) is 2.17. The number of nitrogens with one attached hydrogen (secondary N) is 1. The van der Waals surface area contributed by atoms with Gasteiger partial charge in [0.05, 0.1) is 6.33 Å². The minimum Gasteiger partial charge on any atom is -0.334 e. The molecule has 2 amide bonds. The molecule has 0 aliphatic heterocycles. The maximum Gasteiger partial charge on any atom is 0.317 e. The molecule has 4 rings (SSSR count). The second-order valence-corrected chi connectivity index (χ2v) is 7.09. The average molecular weight is 324 g/mol. The maximum atomic E-state index is 12.6. The zero-order valence-corrected chi connectivity index (χ0v) is 13.9. The number of benzene rings is 1. The van der Waals surface area contributed by atoms with E-state index in [0.29, 0.717) is 6.54 Å². The molecule has 0 atom stereocenters. The number of imidazole rings is 1. The lowest BCUT2D eigenvalue weighted by Crippen LogP contribution is -2.42. The summed E-state index contributed by atoms with van der Waals surface area (Å²) in [6.07, 6.45) is 10.6. The van der Waals surface area contributed by atoms with Crippen molar-refractivity contribution >= 4 is 6.03 Å². The van der Waals surface area contributed by atoms with Crippen LogP contribution in [0, 0.1) is 11.8 Å². The Morgan fingerprint density at radius 1 is 1.21 bits per heavy atom. The number of aromatic nitrogens is 2. The minimum absolute atomic E-state index is 0.0850. The van der Waals surface area contributed by atoms with Crippen LogP contribution in [0.25, 0.3) is 5.69 Å². The second-order valence-electron chi connectivity index (χ2n) is 7.09. The Bertz CT molecular complexity index is 675. The van der Waals surface area contributed by atoms with Crippen molar-refractivity contribution < 1.29 is 4.79 Å². The van der Waals surface area contributed by atoms with Gasteiger partial charge in [-0.25, -0.2) is 9.78 Å². The highest BCUT2D eigenvalue weighted by Crippen LogP contribution is 2.33. The van der Waals surface area contributed by atoms with E-state index >= 15 is 0 Å². The molecule has 0 saturated heterocycles. The van der Waals surface area contributed by atoms with Gasteiger partial charge in [-0.15, -0.1) is 0 Å². The van der Waals surface area contributed by atoms with Crippen LogP contribution in [-0.4, -0.2) is 33.6 Å². The Morgan fingerprint density at radius 3 is 2.58 bits per heavy atom. The van der Waals surface area contributed by atoms with Crippen molar-refractivity contribution in [2.45, 2.75) is 32.2 Å². The van der Waals surface area contributed by atoms with Gasteiger partial charge in [0.2, 0.25) is 0 Å². The van der Waals surface area contributed by atoms with Gasteiger partial charge < -0.3 is 14.8 Å². The van der Waals surface area contributed by atoms with Gasteiger partial charge in [-0.3, -0.25) is 0 Å². The van der Waals surface area contributed by atoms with Crippen molar-refractivity contribution in [2.24, 2.45) is 11.8 Å². The molecular formula is C19H24N4O. The largest absolute Gasteiger partial charge is 0.334 e. The van der Waals surface area contributed by atoms with Crippen molar-refractivity contribution in [1.29, 1.82) is 0 Å². The van der Waals surface area contributed by atoms with E-state index in [0.717, 1.165) is 36.2 Å². The van der Waals surface area contributed by atoms with E-state index in [1.54, 1.807) is 12.5 Å². The van der Waals surface area contributed by atoms with E-state index in [1.807, 2.05) is 33.9 Å². The van der Waals surface area contributed by atoms with Gasteiger partial charge in [-0.1, -0.05) is 12.1 Å². The summed E-state index contributed by atoms with van der Waals surface area (Å²) in [5.74, 6) is 1.47. The monoisotopic (exact) mass is 324 g/mol. The third kappa shape index (κ3) is 3.96. The first-order chi connectivity index (χ1) is 11.8. The fraction of sp³-hybridized carbons (Fsp3) is 0.474. The Labute approximate surface area is 142 Å². The van der Waals surface area contributed by atoms with Gasteiger partial charge in [-0.2, -0.15) is 0 Å². The number of nitrogens with zero attached hydrogens (tertiary/aromatic N) is 3. The van der Waals surface area contributed by atoms with E-state index in [2.05, 4.69) is 16.4 Å². The predicted molar refractivity (Wildman–Crippen MR) is 92.8 cm³/mol. The SMILES string of the molecule is O=C(NCc1cccc(-n2ccnc2)c1)N(CC1CC1)CC1CC1. The molecule has 126 valence electrons. The molecule has 1 aromatic carbocycles. The summed E-state index contributed by atoms with van der Waals surface area (Å²) < 4.78 is 1.97. The molecule has 2 fully saturated rings. The number of rotatable bonds is 7. The number of carbonyl (C=O) groups is 1. The van der Waals surface area contributed by atoms with Crippen LogP contribution < -0.4 is 5.32 Å². The standard InChI is InChI=1S/C19H24N4O/c24-19(23(12-15-4-5-15)13-16-6-7-16)21-11-17-2-1-3-18(10-17)22-9-8-20-14-22/h1-3,8-10,14-16H,4-7,11-13H2,(H,21,24). The molecule has 2 saturated carbocycles. The quantitative estimate of drug-likeness (QED) is 0.850. The molecule has 2 aliphatic carbocycles. The van der Waals surface area contributed by atoms with Crippen molar-refractivity contribution in [1.82, 2.24) is 19.8 Å². The Hall–Kier alpha value is -2.30. The predicted octanol–water partition coefficient (Wildman–Crippen LogP) is 3.20. The fourth-order valence-corrected chi connectivity index (χ4v) is 2.99. The molecule has 0 bridgehead atoms. The highest BCUT2D eigenvalue weighted by molar-refractivity contribution is 5.74. The molecule has 2 aromatic rings. The van der Waals surface area contributed by atoms with E-state index < -0.39 is 0 Å². The van der Waals surface area contributed by atoms with Crippen molar-refractivity contribution in [3.05, 3.63) is 48.5 Å². The molecule has 2 aliphatic rings. The van der Waals surface area contributed by atoms with Gasteiger partial charge in [0.1, 0.15) is 0 Å². The first-order valence-corrected chi connectivity index (χ1v) is 8.88. The van der Waals surface area contributed by atoms with Crippen molar-refractivity contribution in [2.75, 3.05) is 13.1 Å². The highest BCUT2D eigenvalue weighted by Gasteiger charge is 2.31. The molecule has 5 heteroatoms. The molecule has 0 radical (unpaired) electrons. The number of hydrogen-bond donors (Lipinski definition) is 1. The van der Waals surface area contributed by atoms with Gasteiger partial charge in [0.15, 0.2) is 0 Å². The lowest BCUT2D eigenvalue weighted by Gasteiger charge is -2.23. The summed E-state index contributed by atoms with van der Waals surface area (Å²) in [5, 5.41) is 3.10. The molecule has 0 unspecified atom stereocenters. The molecule has 0 spiro atoms. The number of carbonyl (C=O) groups excluding carboxylic acids is 1. The summed E-state index contributed by atoms with van der Waals surface area (Å²) >= 11 is 0. The molecule has 1 aromatic heterocycles. The zero-order valence-electron chi connectivity index (χ0n) is 13.9. The number of amides is 2. The normalized spacial score (nSPS) is 16.8. The summed E-state index contributed by atoms with van der Waals surface area (Å²) in [6.45, 7) is 2.42. The second kappa shape index (κ2) is 6.67. The van der Waals surface area contributed by atoms with Gasteiger partial charge in [-0.05, 0) is 55.2 Å². The maximum absolute atomic E-state index is 12.6. The van der Waals surface area contributed by atoms with Gasteiger partial charge in [0, 0.05) is 37.7 Å². The van der Waals surface area contributed by atoms with Crippen LogP contribution in [0.3, 0.4) is 0 Å². The molecule has 5 nitrogen and oxygen atoms in total. The average Bonchev–Trinajstić information content (AvgIpc) is 3.53. The number of urea groups is 1. The van der Waals surface area contributed by atoms with Crippen LogP contribution in [-0.2, 0) is 6.54 Å². The topological polar surface area (TPSA) is 50.2 Å². The lowest BCUT2D eigenvalue weighted by molar-refractivity contribution is 0.192. The Balaban J connectivity index is 1.36. The van der Waals surface area contributed by atoms with E-state index in [9.17, 15) is 4.79 Å². The third-order valence-corrected chi connectivity index (χ3v) is 4.80. The molecule has 1 heterocycles. The molecule has 24 heavy (non-hydrogen) atoms. The minimum atomic E-state index is 0.0850. The molecule has 1 N–H and O–H groups in total. The van der Waals surface area contributed by atoms with E-state index in [1.165, 1.54) is 25.7 Å². The van der Waals surface area contributed by atoms with Crippen LogP contribution in [0.2, 0.25) is 0 Å². The smallest absolute Gasteiger partial charge is 0.317 e. The Morgan fingerprint density at radius 2 is 1.96 bits per heavy atom. The van der Waals surface area contributed by atoms with Crippen LogP contribution in [0.5, 0.6) is 0 Å². The lowest BCUT2D eigenvalue weighted by atomic mass is 10.2. The first kappa shape index (κ1) is 15.2. The van der Waals surface area contributed by atoms with E-state index in [-0.39, 0.29) is 6.03 Å². The molecular weight excluding hydrogens is 300 g/mol. The summed E-state index contributed by atoms with van der Waals surface area (Å²) in [6, 6.07) is 8.28. The van der Waals surface area contributed by atoms with Crippen LogP contribution >= 0.6 is 0 Å². The third-order valence-electron chi connectivity index (χ3n) is 4.80. The van der Waals surface area contributed by atoms with Crippen LogP contribution in [0.1, 0.15) is 31.2 Å². The van der Waals surface area contributed by atoms with E-state index in [4.69, 9.17) is 0 Å². The zero-order chi connectivity index (χ0) is 16.4. The first-order valence-electron chi connectivity index (χ1n) is 8.88. The van der Waals surface area contributed by atoms with Crippen LogP contribution in [0.4, 0.5) is 4.79 Å². The van der Waals surface area contributed by atoms with Crippen molar-refractivity contribution in [3.8, 4) is 5.69 Å². The number of hydrogen-bond acceptors (Lipinski definition) is 2. The summed E-state index contributed by atoms with van der Waals surface area (Å²) in [4.78, 5) is 18.7. The fourth-order valence-electron chi connectivity index (χ4n) is 2.99.